The molecule has 2 saturated heterocycles. The van der Waals surface area contributed by atoms with Gasteiger partial charge >= 0.3 is 0 Å². The lowest BCUT2D eigenvalue weighted by Gasteiger charge is -2.18. The zero-order valence-electron chi connectivity index (χ0n) is 16.8. The van der Waals surface area contributed by atoms with E-state index in [4.69, 9.17) is 17.0 Å². The number of ether oxygens (including phenoxy) is 1. The summed E-state index contributed by atoms with van der Waals surface area (Å²) < 4.78 is 9.56. The molecule has 158 valence electrons. The van der Waals surface area contributed by atoms with Crippen molar-refractivity contribution in [2.45, 2.75) is 25.5 Å². The summed E-state index contributed by atoms with van der Waals surface area (Å²) in [5, 5.41) is 1.11. The molecule has 2 aliphatic rings. The first-order valence-corrected chi connectivity index (χ1v) is 12.3. The van der Waals surface area contributed by atoms with E-state index >= 15 is 0 Å². The minimum absolute atomic E-state index is 0.0237. The van der Waals surface area contributed by atoms with Gasteiger partial charge in [0.2, 0.25) is 0 Å². The largest absolute Gasteiger partial charge is 0.376 e. The van der Waals surface area contributed by atoms with Crippen LogP contribution in [0.1, 0.15) is 24.0 Å². The molecule has 0 unspecified atom stereocenters. The van der Waals surface area contributed by atoms with Gasteiger partial charge in [-0.1, -0.05) is 70.2 Å². The number of thiocarbonyl (C=S) groups is 1. The number of aromatic nitrogens is 1. The van der Waals surface area contributed by atoms with Crippen LogP contribution in [0.15, 0.2) is 64.1 Å². The number of hydrogen-bond acceptors (Lipinski definition) is 4. The second-order valence-corrected chi connectivity index (χ2v) is 10.4. The molecule has 1 aromatic heterocycles. The van der Waals surface area contributed by atoms with Gasteiger partial charge in [0.05, 0.1) is 17.6 Å². The van der Waals surface area contributed by atoms with Crippen molar-refractivity contribution in [1.29, 1.82) is 0 Å². The van der Waals surface area contributed by atoms with E-state index in [1.807, 2.05) is 12.1 Å². The molecule has 2 aliphatic heterocycles. The second-order valence-electron chi connectivity index (χ2n) is 7.79. The Bertz CT molecular complexity index is 1180. The Hall–Kier alpha value is -1.93. The molecule has 1 atom stereocenters. The topological polar surface area (TPSA) is 34.5 Å². The van der Waals surface area contributed by atoms with Crippen molar-refractivity contribution in [3.63, 3.8) is 0 Å². The van der Waals surface area contributed by atoms with E-state index in [1.165, 1.54) is 17.3 Å². The molecule has 0 bridgehead atoms. The molecule has 7 heteroatoms. The highest BCUT2D eigenvalue weighted by atomic mass is 79.9. The van der Waals surface area contributed by atoms with Crippen LogP contribution in [0.4, 0.5) is 0 Å². The number of rotatable bonds is 5. The Kier molecular flexibility index (Phi) is 6.01. The Balaban J connectivity index is 1.48. The molecule has 3 aromatic rings. The Labute approximate surface area is 199 Å². The molecular weight excluding hydrogens is 492 g/mol. The van der Waals surface area contributed by atoms with Crippen LogP contribution in [0.25, 0.3) is 17.0 Å². The molecule has 31 heavy (non-hydrogen) atoms. The first-order chi connectivity index (χ1) is 15.1. The number of amides is 1. The third-order valence-corrected chi connectivity index (χ3v) is 7.51. The maximum Gasteiger partial charge on any atom is 0.266 e. The number of carbonyl (C=O) groups is 1. The van der Waals surface area contributed by atoms with Crippen molar-refractivity contribution in [1.82, 2.24) is 9.47 Å². The predicted molar refractivity (Wildman–Crippen MR) is 134 cm³/mol. The van der Waals surface area contributed by atoms with Gasteiger partial charge in [-0.3, -0.25) is 9.69 Å². The maximum atomic E-state index is 13.1. The van der Waals surface area contributed by atoms with Gasteiger partial charge in [-0.2, -0.15) is 0 Å². The van der Waals surface area contributed by atoms with Crippen molar-refractivity contribution in [3.05, 3.63) is 75.2 Å². The molecule has 5 rings (SSSR count). The van der Waals surface area contributed by atoms with E-state index in [0.29, 0.717) is 15.8 Å². The van der Waals surface area contributed by atoms with E-state index in [1.54, 1.807) is 4.90 Å². The third kappa shape index (κ3) is 4.37. The molecule has 3 heterocycles. The smallest absolute Gasteiger partial charge is 0.266 e. The van der Waals surface area contributed by atoms with Crippen molar-refractivity contribution >= 4 is 67.1 Å². The lowest BCUT2D eigenvalue weighted by atomic mass is 10.1. The summed E-state index contributed by atoms with van der Waals surface area (Å²) >= 11 is 10.5. The van der Waals surface area contributed by atoms with Crippen molar-refractivity contribution in [3.8, 4) is 0 Å². The van der Waals surface area contributed by atoms with Crippen LogP contribution >= 0.6 is 39.9 Å². The normalized spacial score (nSPS) is 20.5. The van der Waals surface area contributed by atoms with Crippen LogP contribution in [0.5, 0.6) is 0 Å². The van der Waals surface area contributed by atoms with Crippen LogP contribution < -0.4 is 0 Å². The fourth-order valence-electron chi connectivity index (χ4n) is 4.11. The van der Waals surface area contributed by atoms with Gasteiger partial charge in [-0.05, 0) is 42.7 Å². The summed E-state index contributed by atoms with van der Waals surface area (Å²) in [6.45, 7) is 2.08. The third-order valence-electron chi connectivity index (χ3n) is 5.64. The highest BCUT2D eigenvalue weighted by Crippen LogP contribution is 2.36. The minimum Gasteiger partial charge on any atom is -0.376 e. The van der Waals surface area contributed by atoms with E-state index in [9.17, 15) is 4.79 Å². The van der Waals surface area contributed by atoms with Crippen LogP contribution in [0.3, 0.4) is 0 Å². The average molecular weight is 513 g/mol. The number of benzene rings is 2. The Morgan fingerprint density at radius 1 is 1.23 bits per heavy atom. The highest BCUT2D eigenvalue weighted by molar-refractivity contribution is 9.10. The first-order valence-electron chi connectivity index (χ1n) is 10.3. The molecule has 0 N–H and O–H groups in total. The molecule has 4 nitrogen and oxygen atoms in total. The minimum atomic E-state index is -0.0237. The summed E-state index contributed by atoms with van der Waals surface area (Å²) in [5.41, 5.74) is 3.38. The second kappa shape index (κ2) is 8.90. The van der Waals surface area contributed by atoms with Gasteiger partial charge in [-0.15, -0.1) is 0 Å². The molecule has 0 saturated carbocycles. The zero-order valence-corrected chi connectivity index (χ0v) is 20.0. The lowest BCUT2D eigenvalue weighted by molar-refractivity contribution is -0.123. The summed E-state index contributed by atoms with van der Waals surface area (Å²) in [4.78, 5) is 15.5. The molecule has 0 aliphatic carbocycles. The van der Waals surface area contributed by atoms with Crippen LogP contribution in [0, 0.1) is 0 Å². The zero-order chi connectivity index (χ0) is 21.4. The van der Waals surface area contributed by atoms with Gasteiger partial charge in [0, 0.05) is 40.3 Å². The molecule has 2 aromatic carbocycles. The van der Waals surface area contributed by atoms with Gasteiger partial charge in [0.1, 0.15) is 4.32 Å². The van der Waals surface area contributed by atoms with Crippen LogP contribution in [-0.4, -0.2) is 39.0 Å². The van der Waals surface area contributed by atoms with Crippen LogP contribution in [-0.2, 0) is 16.1 Å². The number of hydrogen-bond donors (Lipinski definition) is 0. The van der Waals surface area contributed by atoms with Gasteiger partial charge in [0.15, 0.2) is 0 Å². The maximum absolute atomic E-state index is 13.1. The summed E-state index contributed by atoms with van der Waals surface area (Å²) in [6.07, 6.45) is 6.22. The number of thioether (sulfide) groups is 1. The number of fused-ring (bicyclic) bond motifs is 1. The van der Waals surface area contributed by atoms with Crippen molar-refractivity contribution in [2.75, 3.05) is 13.2 Å². The summed E-state index contributed by atoms with van der Waals surface area (Å²) in [5.74, 6) is -0.0237. The summed E-state index contributed by atoms with van der Waals surface area (Å²) in [7, 11) is 0. The molecule has 0 spiro atoms. The predicted octanol–water partition coefficient (Wildman–Crippen LogP) is 5.83. The average Bonchev–Trinajstić information content (AvgIpc) is 3.46. The van der Waals surface area contributed by atoms with Crippen LogP contribution in [0.2, 0.25) is 0 Å². The highest BCUT2D eigenvalue weighted by Gasteiger charge is 2.34. The van der Waals surface area contributed by atoms with Crippen molar-refractivity contribution < 1.29 is 9.53 Å². The Morgan fingerprint density at radius 2 is 2.06 bits per heavy atom. The van der Waals surface area contributed by atoms with E-state index in [0.717, 1.165) is 46.9 Å². The van der Waals surface area contributed by atoms with Crippen molar-refractivity contribution in [2.24, 2.45) is 0 Å². The number of carbonyl (C=O) groups excluding carboxylic acids is 1. The van der Waals surface area contributed by atoms with Gasteiger partial charge < -0.3 is 9.30 Å². The number of halogens is 1. The quantitative estimate of drug-likeness (QED) is 0.318. The fourth-order valence-corrected chi connectivity index (χ4v) is 5.74. The van der Waals surface area contributed by atoms with E-state index in [-0.39, 0.29) is 12.0 Å². The first kappa shape index (κ1) is 20.9. The molecular formula is C24H21BrN2O2S2. The molecule has 1 amide bonds. The molecule has 0 radical (unpaired) electrons. The SMILES string of the molecule is O=C1/C(=C/c2cn(Cc3ccccc3)c3ccc(Br)cc23)SC(=S)N1C[C@@H]1CCCO1. The standard InChI is InChI=1S/C24H21BrN2O2S2/c25-18-8-9-21-20(12-18)17(14-26(21)13-16-5-2-1-3-6-16)11-22-23(28)27(24(30)31-22)15-19-7-4-10-29-19/h1-3,5-6,8-9,11-12,14,19H,4,7,10,13,15H2/b22-11-/t19-/m0/s1. The van der Waals surface area contributed by atoms with E-state index < -0.39 is 0 Å². The molecule has 2 fully saturated rings. The Morgan fingerprint density at radius 3 is 2.84 bits per heavy atom. The monoisotopic (exact) mass is 512 g/mol. The van der Waals surface area contributed by atoms with E-state index in [2.05, 4.69) is 69.2 Å². The number of nitrogens with zero attached hydrogens (tertiary/aromatic N) is 2. The lowest BCUT2D eigenvalue weighted by Crippen LogP contribution is -2.35. The van der Waals surface area contributed by atoms with Gasteiger partial charge in [-0.25, -0.2) is 0 Å². The van der Waals surface area contributed by atoms with Gasteiger partial charge in [0.25, 0.3) is 5.91 Å². The summed E-state index contributed by atoms with van der Waals surface area (Å²) in [6, 6.07) is 16.7. The fraction of sp³-hybridized carbons (Fsp3) is 0.250.